The summed E-state index contributed by atoms with van der Waals surface area (Å²) in [7, 11) is -3.64. The van der Waals surface area contributed by atoms with E-state index in [-0.39, 0.29) is 16.7 Å². The van der Waals surface area contributed by atoms with Gasteiger partial charge in [0, 0.05) is 24.7 Å². The zero-order valence-corrected chi connectivity index (χ0v) is 15.3. The summed E-state index contributed by atoms with van der Waals surface area (Å²) in [4.78, 5) is 14.5. The number of thiophene rings is 1. The maximum Gasteiger partial charge on any atom is 0.263 e. The third kappa shape index (κ3) is 3.97. The topological polar surface area (TPSA) is 66.5 Å². The summed E-state index contributed by atoms with van der Waals surface area (Å²) in [6, 6.07) is 10.0. The first kappa shape index (κ1) is 17.4. The average molecular weight is 385 g/mol. The van der Waals surface area contributed by atoms with Gasteiger partial charge in [-0.25, -0.2) is 13.1 Å². The Hall–Kier alpha value is -1.41. The Labute approximate surface area is 150 Å². The summed E-state index contributed by atoms with van der Waals surface area (Å²) in [5.74, 6) is -0.0864. The van der Waals surface area contributed by atoms with Crippen molar-refractivity contribution in [2.45, 2.75) is 23.6 Å². The second kappa shape index (κ2) is 7.23. The van der Waals surface area contributed by atoms with E-state index in [1.807, 2.05) is 0 Å². The van der Waals surface area contributed by atoms with Gasteiger partial charge in [0.05, 0.1) is 4.88 Å². The summed E-state index contributed by atoms with van der Waals surface area (Å²) in [6.07, 6.45) is 2.01. The van der Waals surface area contributed by atoms with Crippen LogP contribution in [0.3, 0.4) is 0 Å². The number of rotatable bonds is 5. The molecule has 2 aromatic rings. The van der Waals surface area contributed by atoms with Crippen molar-refractivity contribution in [1.29, 1.82) is 0 Å². The van der Waals surface area contributed by atoms with E-state index in [4.69, 9.17) is 11.6 Å². The summed E-state index contributed by atoms with van der Waals surface area (Å²) in [5, 5.41) is 0.602. The highest BCUT2D eigenvalue weighted by Crippen LogP contribution is 2.24. The molecule has 0 radical (unpaired) electrons. The molecule has 0 unspecified atom stereocenters. The van der Waals surface area contributed by atoms with Gasteiger partial charge in [0.1, 0.15) is 4.21 Å². The third-order valence-electron chi connectivity index (χ3n) is 3.83. The largest absolute Gasteiger partial charge is 0.338 e. The predicted octanol–water partition coefficient (Wildman–Crippen LogP) is 3.12. The number of nitrogens with one attached hydrogen (secondary N) is 1. The number of hydrogen-bond acceptors (Lipinski definition) is 4. The number of hydrogen-bond donors (Lipinski definition) is 1. The molecule has 1 aromatic carbocycles. The van der Waals surface area contributed by atoms with E-state index in [0.717, 1.165) is 42.8 Å². The number of sulfonamides is 1. The number of carbonyl (C=O) groups excluding carboxylic acids is 1. The first-order chi connectivity index (χ1) is 11.5. The molecule has 0 aliphatic carbocycles. The Morgan fingerprint density at radius 1 is 1.12 bits per heavy atom. The van der Waals surface area contributed by atoms with Gasteiger partial charge in [0.25, 0.3) is 5.91 Å². The molecular weight excluding hydrogens is 368 g/mol. The van der Waals surface area contributed by atoms with Gasteiger partial charge in [-0.15, -0.1) is 11.3 Å². The molecule has 2 heterocycles. The van der Waals surface area contributed by atoms with Crippen LogP contribution in [0.25, 0.3) is 0 Å². The van der Waals surface area contributed by atoms with E-state index in [1.165, 1.54) is 6.07 Å². The highest BCUT2D eigenvalue weighted by molar-refractivity contribution is 7.91. The van der Waals surface area contributed by atoms with Crippen LogP contribution in [-0.2, 0) is 16.6 Å². The van der Waals surface area contributed by atoms with Crippen LogP contribution < -0.4 is 4.72 Å². The van der Waals surface area contributed by atoms with Gasteiger partial charge in [-0.1, -0.05) is 23.7 Å². The number of likely N-dealkylation sites (tertiary alicyclic amines) is 1. The van der Waals surface area contributed by atoms with Crippen molar-refractivity contribution in [3.8, 4) is 0 Å². The minimum absolute atomic E-state index is 0.0864. The maximum atomic E-state index is 12.4. The molecule has 0 bridgehead atoms. The van der Waals surface area contributed by atoms with Crippen molar-refractivity contribution in [2.24, 2.45) is 0 Å². The molecule has 1 aliphatic heterocycles. The summed E-state index contributed by atoms with van der Waals surface area (Å²) < 4.78 is 27.5. The summed E-state index contributed by atoms with van der Waals surface area (Å²) in [6.45, 7) is 1.66. The van der Waals surface area contributed by atoms with Crippen molar-refractivity contribution >= 4 is 38.9 Å². The van der Waals surface area contributed by atoms with Gasteiger partial charge < -0.3 is 4.90 Å². The number of amides is 1. The molecule has 24 heavy (non-hydrogen) atoms. The standard InChI is InChI=1S/C16H17ClN2O3S2/c17-13-5-3-12(4-6-13)11-18-24(21,22)15-8-7-14(23-15)16(20)19-9-1-2-10-19/h3-8,18H,1-2,9-11H2. The monoisotopic (exact) mass is 384 g/mol. The molecule has 0 atom stereocenters. The lowest BCUT2D eigenvalue weighted by atomic mass is 10.2. The van der Waals surface area contributed by atoms with E-state index in [2.05, 4.69) is 4.72 Å². The van der Waals surface area contributed by atoms with Gasteiger partial charge in [0.15, 0.2) is 0 Å². The molecule has 5 nitrogen and oxygen atoms in total. The van der Waals surface area contributed by atoms with Crippen LogP contribution >= 0.6 is 22.9 Å². The quantitative estimate of drug-likeness (QED) is 0.861. The molecule has 3 rings (SSSR count). The molecule has 1 amide bonds. The van der Waals surface area contributed by atoms with Gasteiger partial charge in [0.2, 0.25) is 10.0 Å². The lowest BCUT2D eigenvalue weighted by molar-refractivity contribution is 0.0797. The van der Waals surface area contributed by atoms with Crippen LogP contribution in [-0.4, -0.2) is 32.3 Å². The number of benzene rings is 1. The molecule has 0 spiro atoms. The zero-order valence-electron chi connectivity index (χ0n) is 12.9. The van der Waals surface area contributed by atoms with Crippen LogP contribution in [0.1, 0.15) is 28.1 Å². The maximum absolute atomic E-state index is 12.4. The fourth-order valence-electron chi connectivity index (χ4n) is 2.51. The second-order valence-electron chi connectivity index (χ2n) is 5.57. The molecule has 1 aromatic heterocycles. The lowest BCUT2D eigenvalue weighted by Crippen LogP contribution is -2.26. The highest BCUT2D eigenvalue weighted by Gasteiger charge is 2.23. The Balaban J connectivity index is 1.68. The van der Waals surface area contributed by atoms with Crippen molar-refractivity contribution in [2.75, 3.05) is 13.1 Å². The number of halogens is 1. The van der Waals surface area contributed by atoms with Crippen molar-refractivity contribution in [1.82, 2.24) is 9.62 Å². The molecule has 1 aliphatic rings. The van der Waals surface area contributed by atoms with Crippen LogP contribution in [0.15, 0.2) is 40.6 Å². The zero-order chi connectivity index (χ0) is 17.2. The van der Waals surface area contributed by atoms with E-state index in [9.17, 15) is 13.2 Å². The smallest absolute Gasteiger partial charge is 0.263 e. The van der Waals surface area contributed by atoms with Gasteiger partial charge in [-0.3, -0.25) is 4.79 Å². The molecular formula is C16H17ClN2O3S2. The SMILES string of the molecule is O=C(c1ccc(S(=O)(=O)NCc2ccc(Cl)cc2)s1)N1CCCC1. The van der Waals surface area contributed by atoms with Crippen LogP contribution in [0.2, 0.25) is 5.02 Å². The van der Waals surface area contributed by atoms with E-state index in [0.29, 0.717) is 9.90 Å². The van der Waals surface area contributed by atoms with Crippen LogP contribution in [0.5, 0.6) is 0 Å². The van der Waals surface area contributed by atoms with E-state index in [1.54, 1.807) is 35.2 Å². The second-order valence-corrected chi connectivity index (χ2v) is 9.08. The third-order valence-corrected chi connectivity index (χ3v) is 7.05. The number of nitrogens with zero attached hydrogens (tertiary/aromatic N) is 1. The molecule has 1 N–H and O–H groups in total. The van der Waals surface area contributed by atoms with E-state index >= 15 is 0 Å². The normalized spacial score (nSPS) is 15.0. The van der Waals surface area contributed by atoms with Crippen molar-refractivity contribution in [3.63, 3.8) is 0 Å². The van der Waals surface area contributed by atoms with Crippen LogP contribution in [0, 0.1) is 0 Å². The Bertz CT molecular complexity index is 825. The fraction of sp³-hybridized carbons (Fsp3) is 0.312. The summed E-state index contributed by atoms with van der Waals surface area (Å²) >= 11 is 6.82. The number of carbonyl (C=O) groups is 1. The highest BCUT2D eigenvalue weighted by atomic mass is 35.5. The molecule has 0 saturated carbocycles. The Morgan fingerprint density at radius 2 is 1.79 bits per heavy atom. The van der Waals surface area contributed by atoms with Gasteiger partial charge in [-0.2, -0.15) is 0 Å². The Morgan fingerprint density at radius 3 is 2.46 bits per heavy atom. The average Bonchev–Trinajstić information content (AvgIpc) is 3.25. The molecule has 8 heteroatoms. The van der Waals surface area contributed by atoms with Crippen molar-refractivity contribution in [3.05, 3.63) is 51.9 Å². The minimum atomic E-state index is -3.64. The Kier molecular flexibility index (Phi) is 5.24. The summed E-state index contributed by atoms with van der Waals surface area (Å²) in [5.41, 5.74) is 0.813. The lowest BCUT2D eigenvalue weighted by Gasteiger charge is -2.13. The molecule has 1 fully saturated rings. The van der Waals surface area contributed by atoms with Gasteiger partial charge in [-0.05, 0) is 42.7 Å². The van der Waals surface area contributed by atoms with Gasteiger partial charge >= 0.3 is 0 Å². The van der Waals surface area contributed by atoms with E-state index < -0.39 is 10.0 Å². The molecule has 128 valence electrons. The minimum Gasteiger partial charge on any atom is -0.338 e. The first-order valence-corrected chi connectivity index (χ1v) is 10.3. The first-order valence-electron chi connectivity index (χ1n) is 7.59. The van der Waals surface area contributed by atoms with Crippen molar-refractivity contribution < 1.29 is 13.2 Å². The van der Waals surface area contributed by atoms with Crippen LogP contribution in [0.4, 0.5) is 0 Å². The predicted molar refractivity (Wildman–Crippen MR) is 94.9 cm³/mol. The fourth-order valence-corrected chi connectivity index (χ4v) is 4.97. The molecule has 1 saturated heterocycles.